The van der Waals surface area contributed by atoms with E-state index in [9.17, 15) is 4.79 Å². The van der Waals surface area contributed by atoms with Crippen molar-refractivity contribution >= 4 is 60.1 Å². The summed E-state index contributed by atoms with van der Waals surface area (Å²) in [6.07, 6.45) is 1.67. The second-order valence-corrected chi connectivity index (χ2v) is 6.59. The van der Waals surface area contributed by atoms with Gasteiger partial charge in [0.1, 0.15) is 10.4 Å². The van der Waals surface area contributed by atoms with Gasteiger partial charge < -0.3 is 4.74 Å². The molecule has 2 heterocycles. The maximum atomic E-state index is 12.1. The van der Waals surface area contributed by atoms with Gasteiger partial charge in [0.25, 0.3) is 0 Å². The van der Waals surface area contributed by atoms with Crippen LogP contribution in [0.2, 0.25) is 0 Å². The van der Waals surface area contributed by atoms with Gasteiger partial charge >= 0.3 is 5.97 Å². The fraction of sp³-hybridized carbons (Fsp3) is 0. The van der Waals surface area contributed by atoms with Crippen LogP contribution in [0, 0.1) is 0 Å². The van der Waals surface area contributed by atoms with Crippen molar-refractivity contribution in [3.05, 3.63) is 55.7 Å². The molecule has 0 saturated carbocycles. The maximum absolute atomic E-state index is 12.1. The molecule has 0 aliphatic heterocycles. The summed E-state index contributed by atoms with van der Waals surface area (Å²) < 4.78 is 7.07. The van der Waals surface area contributed by atoms with E-state index in [1.54, 1.807) is 12.3 Å². The van der Waals surface area contributed by atoms with Crippen molar-refractivity contribution in [2.45, 2.75) is 0 Å². The number of carbonyl (C=O) groups is 1. The zero-order valence-corrected chi connectivity index (χ0v) is 14.0. The lowest BCUT2D eigenvalue weighted by atomic mass is 10.2. The first kappa shape index (κ1) is 13.7. The molecular weight excluding hydrogens is 406 g/mol. The van der Waals surface area contributed by atoms with Crippen LogP contribution in [-0.2, 0) is 0 Å². The number of carbonyl (C=O) groups excluding carboxylic acids is 1. The van der Waals surface area contributed by atoms with Crippen molar-refractivity contribution in [3.8, 4) is 5.75 Å². The monoisotopic (exact) mass is 411 g/mol. The molecule has 0 saturated heterocycles. The van der Waals surface area contributed by atoms with Gasteiger partial charge in [0.15, 0.2) is 5.75 Å². The van der Waals surface area contributed by atoms with Gasteiger partial charge in [0.05, 0.1) is 4.47 Å². The van der Waals surface area contributed by atoms with Gasteiger partial charge in [-0.2, -0.15) is 0 Å². The number of esters is 1. The summed E-state index contributed by atoms with van der Waals surface area (Å²) in [6.45, 7) is 0. The third-order valence-electron chi connectivity index (χ3n) is 2.67. The van der Waals surface area contributed by atoms with Crippen LogP contribution in [0.1, 0.15) is 9.67 Å². The lowest BCUT2D eigenvalue weighted by molar-refractivity contribution is 0.0740. The minimum Gasteiger partial charge on any atom is -0.419 e. The molecule has 0 aliphatic carbocycles. The van der Waals surface area contributed by atoms with Crippen molar-refractivity contribution in [2.75, 3.05) is 0 Å². The molecule has 0 spiro atoms. The Morgan fingerprint density at radius 1 is 1.20 bits per heavy atom. The smallest absolute Gasteiger partial charge is 0.353 e. The van der Waals surface area contributed by atoms with E-state index < -0.39 is 0 Å². The highest BCUT2D eigenvalue weighted by molar-refractivity contribution is 9.11. The van der Waals surface area contributed by atoms with Gasteiger partial charge in [-0.15, -0.1) is 11.3 Å². The molecule has 0 N–H and O–H groups in total. The molecule has 1 aromatic carbocycles. The molecule has 2 aromatic heterocycles. The van der Waals surface area contributed by atoms with Crippen molar-refractivity contribution in [1.29, 1.82) is 0 Å². The standard InChI is InChI=1S/C14H7Br2NO2S/c15-9-7-10(16)13(12-8(9)3-1-5-17-12)19-14(18)11-4-2-6-20-11/h1-7H. The van der Waals surface area contributed by atoms with Gasteiger partial charge in [-0.1, -0.05) is 28.1 Å². The van der Waals surface area contributed by atoms with E-state index in [2.05, 4.69) is 36.8 Å². The number of fused-ring (bicyclic) bond motifs is 1. The summed E-state index contributed by atoms with van der Waals surface area (Å²) in [6, 6.07) is 9.15. The largest absolute Gasteiger partial charge is 0.419 e. The van der Waals surface area contributed by atoms with Crippen LogP contribution in [0.3, 0.4) is 0 Å². The van der Waals surface area contributed by atoms with E-state index in [0.29, 0.717) is 20.6 Å². The van der Waals surface area contributed by atoms with Crippen LogP contribution in [0.5, 0.6) is 5.75 Å². The third kappa shape index (κ3) is 2.51. The summed E-state index contributed by atoms with van der Waals surface area (Å²) >= 11 is 8.24. The molecule has 0 bridgehead atoms. The lowest BCUT2D eigenvalue weighted by Crippen LogP contribution is -2.07. The topological polar surface area (TPSA) is 39.2 Å². The summed E-state index contributed by atoms with van der Waals surface area (Å²) in [7, 11) is 0. The molecule has 6 heteroatoms. The average Bonchev–Trinajstić information content (AvgIpc) is 2.97. The van der Waals surface area contributed by atoms with Gasteiger partial charge in [-0.05, 0) is 39.5 Å². The number of benzene rings is 1. The molecule has 0 atom stereocenters. The van der Waals surface area contributed by atoms with E-state index in [-0.39, 0.29) is 5.97 Å². The molecule has 3 nitrogen and oxygen atoms in total. The number of rotatable bonds is 2. The van der Waals surface area contributed by atoms with Gasteiger partial charge in [0.2, 0.25) is 0 Å². The second kappa shape index (κ2) is 5.63. The lowest BCUT2D eigenvalue weighted by Gasteiger charge is -2.09. The van der Waals surface area contributed by atoms with E-state index >= 15 is 0 Å². The van der Waals surface area contributed by atoms with Gasteiger partial charge in [0, 0.05) is 16.1 Å². The van der Waals surface area contributed by atoms with Crippen LogP contribution in [0.15, 0.2) is 50.9 Å². The number of halogens is 2. The first-order valence-electron chi connectivity index (χ1n) is 5.65. The highest BCUT2D eigenvalue weighted by atomic mass is 79.9. The molecular formula is C14H7Br2NO2S. The zero-order valence-electron chi connectivity index (χ0n) is 9.97. The SMILES string of the molecule is O=C(Oc1c(Br)cc(Br)c2cccnc12)c1cccs1. The van der Waals surface area contributed by atoms with Crippen molar-refractivity contribution in [2.24, 2.45) is 0 Å². The fourth-order valence-corrected chi connectivity index (χ4v) is 3.73. The summed E-state index contributed by atoms with van der Waals surface area (Å²) in [5.74, 6) is 0.0529. The maximum Gasteiger partial charge on any atom is 0.353 e. The van der Waals surface area contributed by atoms with Crippen LogP contribution < -0.4 is 4.74 Å². The van der Waals surface area contributed by atoms with E-state index in [1.807, 2.05) is 29.6 Å². The molecule has 3 rings (SSSR count). The number of nitrogens with zero attached hydrogens (tertiary/aromatic N) is 1. The fourth-order valence-electron chi connectivity index (χ4n) is 1.78. The van der Waals surface area contributed by atoms with Gasteiger partial charge in [-0.3, -0.25) is 4.98 Å². The van der Waals surface area contributed by atoms with Crippen molar-refractivity contribution < 1.29 is 9.53 Å². The Morgan fingerprint density at radius 2 is 2.05 bits per heavy atom. The van der Waals surface area contributed by atoms with Crippen molar-refractivity contribution in [3.63, 3.8) is 0 Å². The van der Waals surface area contributed by atoms with Gasteiger partial charge in [-0.25, -0.2) is 4.79 Å². The van der Waals surface area contributed by atoms with Crippen LogP contribution in [0.4, 0.5) is 0 Å². The summed E-state index contributed by atoms with van der Waals surface area (Å²) in [4.78, 5) is 16.9. The Hall–Kier alpha value is -1.24. The number of hydrogen-bond donors (Lipinski definition) is 0. The number of pyridine rings is 1. The Morgan fingerprint density at radius 3 is 2.80 bits per heavy atom. The third-order valence-corrected chi connectivity index (χ3v) is 4.76. The number of hydrogen-bond acceptors (Lipinski definition) is 4. The molecule has 0 radical (unpaired) electrons. The highest BCUT2D eigenvalue weighted by Crippen LogP contribution is 2.37. The molecule has 0 unspecified atom stereocenters. The average molecular weight is 413 g/mol. The highest BCUT2D eigenvalue weighted by Gasteiger charge is 2.17. The summed E-state index contributed by atoms with van der Waals surface area (Å²) in [5, 5.41) is 2.73. The van der Waals surface area contributed by atoms with Crippen LogP contribution >= 0.6 is 43.2 Å². The molecule has 0 amide bonds. The van der Waals surface area contributed by atoms with E-state index in [4.69, 9.17) is 4.74 Å². The van der Waals surface area contributed by atoms with E-state index in [0.717, 1.165) is 9.86 Å². The Labute approximate surface area is 135 Å². The predicted molar refractivity (Wildman–Crippen MR) is 86.4 cm³/mol. The minimum atomic E-state index is -0.380. The molecule has 100 valence electrons. The molecule has 0 fully saturated rings. The predicted octanol–water partition coefficient (Wildman–Crippen LogP) is 5.04. The Balaban J connectivity index is 2.10. The molecule has 0 aliphatic rings. The first-order chi connectivity index (χ1) is 9.66. The number of thiophene rings is 1. The van der Waals surface area contributed by atoms with E-state index in [1.165, 1.54) is 11.3 Å². The first-order valence-corrected chi connectivity index (χ1v) is 8.12. The molecule has 20 heavy (non-hydrogen) atoms. The zero-order chi connectivity index (χ0) is 14.1. The van der Waals surface area contributed by atoms with Crippen LogP contribution in [0.25, 0.3) is 10.9 Å². The Bertz CT molecular complexity index is 787. The number of aromatic nitrogens is 1. The quantitative estimate of drug-likeness (QED) is 0.437. The molecule has 3 aromatic rings. The normalized spacial score (nSPS) is 10.7. The summed E-state index contributed by atoms with van der Waals surface area (Å²) in [5.41, 5.74) is 0.638. The second-order valence-electron chi connectivity index (χ2n) is 3.94. The van der Waals surface area contributed by atoms with Crippen LogP contribution in [-0.4, -0.2) is 11.0 Å². The Kier molecular flexibility index (Phi) is 3.87. The number of ether oxygens (including phenoxy) is 1. The van der Waals surface area contributed by atoms with Crippen molar-refractivity contribution in [1.82, 2.24) is 4.98 Å². The minimum absolute atomic E-state index is 0.380.